The van der Waals surface area contributed by atoms with E-state index in [1.165, 1.54) is 6.08 Å². The zero-order valence-electron chi connectivity index (χ0n) is 9.78. The number of hydrogen-bond acceptors (Lipinski definition) is 6. The first-order chi connectivity index (χ1) is 9.43. The molecule has 106 valence electrons. The smallest absolute Gasteiger partial charge is 0.329 e. The standard InChI is InChI=1S/C11H8BrNO5S2/c12-8-2-1-5(18-8)3-7-9(15)13(11(19)20-7)6(4-14)10(16)17/h1-3,6,14H,4H2,(H,16,17)/b7-3+/t6-/m1/s1. The predicted molar refractivity (Wildman–Crippen MR) is 79.9 cm³/mol. The van der Waals surface area contributed by atoms with Gasteiger partial charge in [0.05, 0.1) is 11.5 Å². The molecule has 0 radical (unpaired) electrons. The van der Waals surface area contributed by atoms with Crippen LogP contribution in [0.1, 0.15) is 5.76 Å². The van der Waals surface area contributed by atoms with Gasteiger partial charge in [0.15, 0.2) is 10.7 Å². The van der Waals surface area contributed by atoms with Gasteiger partial charge >= 0.3 is 5.97 Å². The van der Waals surface area contributed by atoms with Crippen molar-refractivity contribution >= 4 is 62.2 Å². The molecule has 1 aromatic rings. The van der Waals surface area contributed by atoms with Crippen molar-refractivity contribution in [3.05, 3.63) is 27.5 Å². The van der Waals surface area contributed by atoms with Crippen LogP contribution in [0.25, 0.3) is 6.08 Å². The molecule has 0 bridgehead atoms. The molecular formula is C11H8BrNO5S2. The van der Waals surface area contributed by atoms with Gasteiger partial charge < -0.3 is 14.6 Å². The Morgan fingerprint density at radius 1 is 1.60 bits per heavy atom. The molecule has 1 aliphatic heterocycles. The lowest BCUT2D eigenvalue weighted by atomic mass is 10.2. The molecule has 6 nitrogen and oxygen atoms in total. The van der Waals surface area contributed by atoms with Crippen LogP contribution in [-0.4, -0.2) is 44.0 Å². The summed E-state index contributed by atoms with van der Waals surface area (Å²) in [5.74, 6) is -1.44. The second kappa shape index (κ2) is 6.08. The molecule has 2 rings (SSSR count). The number of thioether (sulfide) groups is 1. The van der Waals surface area contributed by atoms with Gasteiger partial charge in [-0.2, -0.15) is 0 Å². The first kappa shape index (κ1) is 15.2. The summed E-state index contributed by atoms with van der Waals surface area (Å²) in [6.45, 7) is -0.707. The maximum atomic E-state index is 12.2. The van der Waals surface area contributed by atoms with Crippen LogP contribution in [0.2, 0.25) is 0 Å². The van der Waals surface area contributed by atoms with Gasteiger partial charge in [0.1, 0.15) is 10.1 Å². The summed E-state index contributed by atoms with van der Waals surface area (Å²) < 4.78 is 5.85. The van der Waals surface area contributed by atoms with Crippen LogP contribution in [0.5, 0.6) is 0 Å². The number of carbonyl (C=O) groups is 2. The van der Waals surface area contributed by atoms with Crippen molar-refractivity contribution < 1.29 is 24.2 Å². The van der Waals surface area contributed by atoms with Crippen LogP contribution in [0, 0.1) is 0 Å². The van der Waals surface area contributed by atoms with Crippen LogP contribution in [-0.2, 0) is 9.59 Å². The third kappa shape index (κ3) is 2.95. The van der Waals surface area contributed by atoms with E-state index >= 15 is 0 Å². The normalized spacial score (nSPS) is 18.9. The molecule has 2 N–H and O–H groups in total. The number of aliphatic hydroxyl groups is 1. The van der Waals surface area contributed by atoms with Crippen LogP contribution in [0.15, 0.2) is 26.1 Å². The highest BCUT2D eigenvalue weighted by Crippen LogP contribution is 2.34. The van der Waals surface area contributed by atoms with Crippen molar-refractivity contribution in [2.75, 3.05) is 6.61 Å². The first-order valence-electron chi connectivity index (χ1n) is 5.30. The Bertz CT molecular complexity index is 612. The second-order valence-electron chi connectivity index (χ2n) is 3.73. The highest BCUT2D eigenvalue weighted by Gasteiger charge is 2.40. The van der Waals surface area contributed by atoms with Gasteiger partial charge in [0, 0.05) is 6.08 Å². The van der Waals surface area contributed by atoms with E-state index in [-0.39, 0.29) is 9.23 Å². The number of halogens is 1. The molecule has 0 spiro atoms. The summed E-state index contributed by atoms with van der Waals surface area (Å²) in [6, 6.07) is 1.94. The van der Waals surface area contributed by atoms with Gasteiger partial charge in [-0.3, -0.25) is 9.69 Å². The summed E-state index contributed by atoms with van der Waals surface area (Å²) >= 11 is 9.10. The molecule has 0 aromatic carbocycles. The Hall–Kier alpha value is -1.16. The van der Waals surface area contributed by atoms with Crippen molar-refractivity contribution in [2.45, 2.75) is 6.04 Å². The number of amides is 1. The molecule has 1 saturated heterocycles. The molecule has 1 aromatic heterocycles. The maximum Gasteiger partial charge on any atom is 0.329 e. The fourth-order valence-electron chi connectivity index (χ4n) is 1.55. The van der Waals surface area contributed by atoms with E-state index < -0.39 is 24.5 Å². The number of hydrogen-bond donors (Lipinski definition) is 2. The quantitative estimate of drug-likeness (QED) is 0.609. The minimum absolute atomic E-state index is 0.0910. The SMILES string of the molecule is O=C(O)[C@@H](CO)N1C(=O)/C(=C\c2ccc(Br)o2)SC1=S. The zero-order chi connectivity index (χ0) is 14.9. The van der Waals surface area contributed by atoms with Crippen LogP contribution in [0.3, 0.4) is 0 Å². The average Bonchev–Trinajstić information content (AvgIpc) is 2.89. The molecule has 0 unspecified atom stereocenters. The average molecular weight is 378 g/mol. The molecule has 1 atom stereocenters. The third-order valence-corrected chi connectivity index (χ3v) is 4.22. The van der Waals surface area contributed by atoms with Crippen LogP contribution >= 0.6 is 39.9 Å². The van der Waals surface area contributed by atoms with Crippen molar-refractivity contribution in [3.63, 3.8) is 0 Å². The van der Waals surface area contributed by atoms with Crippen molar-refractivity contribution in [2.24, 2.45) is 0 Å². The molecule has 9 heteroatoms. The van der Waals surface area contributed by atoms with E-state index in [4.69, 9.17) is 26.8 Å². The molecule has 1 aliphatic rings. The van der Waals surface area contributed by atoms with E-state index in [0.717, 1.165) is 16.7 Å². The number of thiocarbonyl (C=S) groups is 1. The van der Waals surface area contributed by atoms with Crippen molar-refractivity contribution in [3.8, 4) is 0 Å². The third-order valence-electron chi connectivity index (χ3n) is 2.46. The topological polar surface area (TPSA) is 91.0 Å². The lowest BCUT2D eigenvalue weighted by molar-refractivity contribution is -0.146. The molecule has 1 fully saturated rings. The maximum absolute atomic E-state index is 12.2. The predicted octanol–water partition coefficient (Wildman–Crippen LogP) is 1.69. The van der Waals surface area contributed by atoms with E-state index in [1.807, 2.05) is 0 Å². The fourth-order valence-corrected chi connectivity index (χ4v) is 3.21. The molecule has 2 heterocycles. The number of nitrogens with zero attached hydrogens (tertiary/aromatic N) is 1. The fraction of sp³-hybridized carbons (Fsp3) is 0.182. The lowest BCUT2D eigenvalue weighted by Gasteiger charge is -2.20. The Balaban J connectivity index is 2.29. The van der Waals surface area contributed by atoms with Gasteiger partial charge in [0.25, 0.3) is 5.91 Å². The lowest BCUT2D eigenvalue weighted by Crippen LogP contribution is -2.46. The zero-order valence-corrected chi connectivity index (χ0v) is 13.0. The summed E-state index contributed by atoms with van der Waals surface area (Å²) in [5.41, 5.74) is 0. The Kier molecular flexibility index (Phi) is 4.63. The van der Waals surface area contributed by atoms with Crippen molar-refractivity contribution in [1.82, 2.24) is 4.90 Å². The molecule has 0 aliphatic carbocycles. The number of carbonyl (C=O) groups excluding carboxylic acids is 1. The highest BCUT2D eigenvalue weighted by molar-refractivity contribution is 9.10. The Morgan fingerprint density at radius 2 is 2.30 bits per heavy atom. The summed E-state index contributed by atoms with van der Waals surface area (Å²) in [4.78, 5) is 24.3. The number of aliphatic carboxylic acids is 1. The van der Waals surface area contributed by atoms with Gasteiger partial charge in [0.2, 0.25) is 0 Å². The monoisotopic (exact) mass is 377 g/mol. The summed E-state index contributed by atoms with van der Waals surface area (Å²) in [6.07, 6.45) is 1.47. The van der Waals surface area contributed by atoms with E-state index in [1.54, 1.807) is 12.1 Å². The van der Waals surface area contributed by atoms with Gasteiger partial charge in [-0.15, -0.1) is 0 Å². The Morgan fingerprint density at radius 3 is 2.80 bits per heavy atom. The van der Waals surface area contributed by atoms with E-state index in [2.05, 4.69) is 15.9 Å². The number of carboxylic acid groups (broad SMARTS) is 1. The second-order valence-corrected chi connectivity index (χ2v) is 6.19. The number of aliphatic hydroxyl groups excluding tert-OH is 1. The number of furan rings is 1. The van der Waals surface area contributed by atoms with Gasteiger partial charge in [-0.1, -0.05) is 24.0 Å². The van der Waals surface area contributed by atoms with Crippen LogP contribution in [0.4, 0.5) is 0 Å². The highest BCUT2D eigenvalue weighted by atomic mass is 79.9. The van der Waals surface area contributed by atoms with Crippen LogP contribution < -0.4 is 0 Å². The molecular weight excluding hydrogens is 370 g/mol. The minimum Gasteiger partial charge on any atom is -0.480 e. The van der Waals surface area contributed by atoms with Crippen molar-refractivity contribution in [1.29, 1.82) is 0 Å². The number of rotatable bonds is 4. The van der Waals surface area contributed by atoms with E-state index in [9.17, 15) is 9.59 Å². The van der Waals surface area contributed by atoms with E-state index in [0.29, 0.717) is 10.4 Å². The summed E-state index contributed by atoms with van der Waals surface area (Å²) in [7, 11) is 0. The van der Waals surface area contributed by atoms with Gasteiger partial charge in [-0.05, 0) is 28.1 Å². The molecule has 0 saturated carbocycles. The first-order valence-corrected chi connectivity index (χ1v) is 7.32. The molecule has 1 amide bonds. The largest absolute Gasteiger partial charge is 0.480 e. The summed E-state index contributed by atoms with van der Waals surface area (Å²) in [5, 5.41) is 18.1. The number of carboxylic acids is 1. The minimum atomic E-state index is -1.38. The Labute approximate surface area is 131 Å². The molecule has 20 heavy (non-hydrogen) atoms. The van der Waals surface area contributed by atoms with Gasteiger partial charge in [-0.25, -0.2) is 4.79 Å².